The molecule has 154 valence electrons. The number of aromatic nitrogens is 4. The summed E-state index contributed by atoms with van der Waals surface area (Å²) in [5, 5.41) is 38.8. The van der Waals surface area contributed by atoms with Crippen molar-refractivity contribution in [2.24, 2.45) is 0 Å². The molecule has 0 spiro atoms. The van der Waals surface area contributed by atoms with Crippen LogP contribution < -0.4 is 11.2 Å². The molecule has 0 unspecified atom stereocenters. The van der Waals surface area contributed by atoms with Crippen LogP contribution in [0.4, 0.5) is 0 Å². The quantitative estimate of drug-likeness (QED) is 0.220. The van der Waals surface area contributed by atoms with Crippen molar-refractivity contribution >= 4 is 74.8 Å². The van der Waals surface area contributed by atoms with Gasteiger partial charge in [0.25, 0.3) is 5.56 Å². The predicted molar refractivity (Wildman–Crippen MR) is 110 cm³/mol. The number of H-pyrrole nitrogens is 1. The number of fused-ring (bicyclic) bond motifs is 2. The average molecular weight is 453 g/mol. The van der Waals surface area contributed by atoms with Crippen molar-refractivity contribution in [1.82, 2.24) is 19.5 Å². The summed E-state index contributed by atoms with van der Waals surface area (Å²) in [5.74, 6) is -0.0516. The van der Waals surface area contributed by atoms with Crippen LogP contribution in [0.25, 0.3) is 22.6 Å². The molecular formula is C17H22ClKN4O6. The van der Waals surface area contributed by atoms with Gasteiger partial charge in [-0.2, -0.15) is 4.98 Å². The Morgan fingerprint density at radius 3 is 2.31 bits per heavy atom. The third-order valence-corrected chi connectivity index (χ3v) is 4.57. The fourth-order valence-electron chi connectivity index (χ4n) is 2.89. The Bertz CT molecular complexity index is 1090. The summed E-state index contributed by atoms with van der Waals surface area (Å²) in [4.78, 5) is 34.0. The molecule has 3 rings (SSSR count). The van der Waals surface area contributed by atoms with Crippen LogP contribution in [-0.4, -0.2) is 116 Å². The molecule has 5 N–H and O–H groups in total. The van der Waals surface area contributed by atoms with Crippen LogP contribution in [0.5, 0.6) is 0 Å². The van der Waals surface area contributed by atoms with Crippen molar-refractivity contribution < 1.29 is 20.4 Å². The molecule has 0 saturated carbocycles. The number of aliphatic hydroxyl groups excluding tert-OH is 4. The van der Waals surface area contributed by atoms with Gasteiger partial charge in [0.05, 0.1) is 24.2 Å². The van der Waals surface area contributed by atoms with E-state index in [0.717, 1.165) is 11.1 Å². The van der Waals surface area contributed by atoms with Crippen LogP contribution in [0.1, 0.15) is 11.1 Å². The molecule has 0 aromatic heterocycles. The van der Waals surface area contributed by atoms with E-state index in [1.165, 1.54) is 4.57 Å². The van der Waals surface area contributed by atoms with Gasteiger partial charge in [-0.3, -0.25) is 9.78 Å². The van der Waals surface area contributed by atoms with E-state index in [9.17, 15) is 24.9 Å². The molecule has 2 aliphatic rings. The maximum atomic E-state index is 12.2. The molecule has 2 heterocycles. The summed E-state index contributed by atoms with van der Waals surface area (Å²) in [6.07, 6.45) is -4.68. The normalized spacial score (nSPS) is 14.1. The van der Waals surface area contributed by atoms with Gasteiger partial charge in [-0.1, -0.05) is 0 Å². The van der Waals surface area contributed by atoms with Crippen LogP contribution in [0.15, 0.2) is 21.7 Å². The fraction of sp³-hybridized carbons (Fsp3) is 0.412. The Morgan fingerprint density at radius 1 is 1.07 bits per heavy atom. The van der Waals surface area contributed by atoms with E-state index in [-0.39, 0.29) is 81.9 Å². The molecule has 0 bridgehead atoms. The standard InChI is InChI=1S/C17H20N4O6.ClH.K.H/c1-7-3-9-10(4-8(7)2)21(5-11(23)14(25)12(24)6-22)15-13(18-9)16(26)20-17(27)19-15;;;/h3-4,11-12,14,22-25H,5-6H2,1-2H3,(H,20,26,27);1H;;/t11-,12+,14-;;;/m0.../s1. The number of aryl methyl sites for hydroxylation is 2. The number of nitrogens with one attached hydrogen (secondary N) is 1. The molecule has 10 nitrogen and oxygen atoms in total. The Morgan fingerprint density at radius 2 is 1.69 bits per heavy atom. The van der Waals surface area contributed by atoms with E-state index >= 15 is 0 Å². The van der Waals surface area contributed by atoms with E-state index in [1.54, 1.807) is 12.1 Å². The molecule has 0 saturated heterocycles. The van der Waals surface area contributed by atoms with Gasteiger partial charge in [0.15, 0.2) is 11.5 Å². The van der Waals surface area contributed by atoms with Crippen LogP contribution in [-0.2, 0) is 6.54 Å². The van der Waals surface area contributed by atoms with E-state index in [2.05, 4.69) is 15.0 Å². The summed E-state index contributed by atoms with van der Waals surface area (Å²) in [6, 6.07) is 3.53. The average Bonchev–Trinajstić information content (AvgIpc) is 2.62. The summed E-state index contributed by atoms with van der Waals surface area (Å²) in [6.45, 7) is 2.73. The fourth-order valence-corrected chi connectivity index (χ4v) is 2.89. The van der Waals surface area contributed by atoms with Crippen LogP contribution in [0.2, 0.25) is 0 Å². The topological polar surface area (TPSA) is 162 Å². The maximum absolute atomic E-state index is 12.2. The molecule has 0 aliphatic carbocycles. The zero-order valence-electron chi connectivity index (χ0n) is 15.2. The molecule has 0 amide bonds. The first-order valence-corrected chi connectivity index (χ1v) is 8.29. The van der Waals surface area contributed by atoms with Gasteiger partial charge >= 0.3 is 57.1 Å². The second-order valence-electron chi connectivity index (χ2n) is 6.50. The van der Waals surface area contributed by atoms with Crippen molar-refractivity contribution in [3.8, 4) is 11.5 Å². The van der Waals surface area contributed by atoms with Gasteiger partial charge in [-0.25, -0.2) is 9.78 Å². The number of halogens is 1. The predicted octanol–water partition coefficient (Wildman–Crippen LogP) is -1.95. The van der Waals surface area contributed by atoms with Crippen LogP contribution in [0.3, 0.4) is 0 Å². The Balaban J connectivity index is 0.00000210. The number of benzene rings is 1. The van der Waals surface area contributed by atoms with Gasteiger partial charge in [0, 0.05) is 0 Å². The van der Waals surface area contributed by atoms with Crippen LogP contribution in [0, 0.1) is 13.8 Å². The zero-order valence-corrected chi connectivity index (χ0v) is 16.0. The van der Waals surface area contributed by atoms with Crippen LogP contribution >= 0.6 is 12.4 Å². The summed E-state index contributed by atoms with van der Waals surface area (Å²) < 4.78 is 1.40. The van der Waals surface area contributed by atoms with E-state index in [4.69, 9.17) is 5.11 Å². The van der Waals surface area contributed by atoms with Gasteiger partial charge in [-0.05, 0) is 37.1 Å². The molecule has 1 aromatic rings. The SMILES string of the molecule is Cc1cc2nc3c(=O)[nH]c(=O)nc-3n(C[C@H](O)[C@H](O)[C@H](O)CO)c2cc1C.Cl.[KH]. The Kier molecular flexibility index (Phi) is 9.55. The molecule has 29 heavy (non-hydrogen) atoms. The molecule has 12 heteroatoms. The van der Waals surface area contributed by atoms with Crippen molar-refractivity contribution in [2.75, 3.05) is 6.61 Å². The van der Waals surface area contributed by atoms with Crippen molar-refractivity contribution in [1.29, 1.82) is 0 Å². The molecule has 0 fully saturated rings. The van der Waals surface area contributed by atoms with Gasteiger partial charge in [-0.15, -0.1) is 12.4 Å². The number of hydrogen-bond donors (Lipinski definition) is 5. The van der Waals surface area contributed by atoms with E-state index < -0.39 is 36.2 Å². The first-order chi connectivity index (χ1) is 12.7. The first-order valence-electron chi connectivity index (χ1n) is 8.29. The first kappa shape index (κ1) is 26.3. The Labute approximate surface area is 213 Å². The van der Waals surface area contributed by atoms with Crippen molar-refractivity contribution in [2.45, 2.75) is 38.7 Å². The minimum absolute atomic E-state index is 0. The summed E-state index contributed by atoms with van der Waals surface area (Å²) >= 11 is 0. The third-order valence-electron chi connectivity index (χ3n) is 4.57. The number of hydrogen-bond acceptors (Lipinski definition) is 8. The number of rotatable bonds is 5. The third kappa shape index (κ3) is 5.31. The van der Waals surface area contributed by atoms with Crippen molar-refractivity contribution in [3.63, 3.8) is 0 Å². The molecule has 3 atom stereocenters. The van der Waals surface area contributed by atoms with Gasteiger partial charge in [0.1, 0.15) is 18.3 Å². The second kappa shape index (κ2) is 10.5. The number of aromatic amines is 1. The van der Waals surface area contributed by atoms with Gasteiger partial charge in [0.2, 0.25) is 0 Å². The molecule has 2 aliphatic heterocycles. The molecular weight excluding hydrogens is 431 g/mol. The van der Waals surface area contributed by atoms with Crippen molar-refractivity contribution in [3.05, 3.63) is 44.1 Å². The summed E-state index contributed by atoms with van der Waals surface area (Å²) in [5.41, 5.74) is 1.11. The summed E-state index contributed by atoms with van der Waals surface area (Å²) in [7, 11) is 0. The van der Waals surface area contributed by atoms with E-state index in [1.807, 2.05) is 13.8 Å². The second-order valence-corrected chi connectivity index (χ2v) is 6.50. The Hall–Kier alpha value is -0.734. The number of nitrogens with zero attached hydrogens (tertiary/aromatic N) is 3. The monoisotopic (exact) mass is 452 g/mol. The zero-order chi connectivity index (χ0) is 19.9. The van der Waals surface area contributed by atoms with Gasteiger partial charge < -0.3 is 25.0 Å². The number of aliphatic hydroxyl groups is 4. The molecule has 1 aromatic carbocycles. The van der Waals surface area contributed by atoms with E-state index in [0.29, 0.717) is 11.0 Å². The molecule has 0 radical (unpaired) electrons. The minimum atomic E-state index is -1.64.